The zero-order chi connectivity index (χ0) is 17.1. The zero-order valence-corrected chi connectivity index (χ0v) is 14.0. The number of hydrogen-bond acceptors (Lipinski definition) is 4. The van der Waals surface area contributed by atoms with E-state index in [1.807, 2.05) is 18.2 Å². The molecule has 0 bridgehead atoms. The van der Waals surface area contributed by atoms with Gasteiger partial charge in [-0.05, 0) is 29.5 Å². The second kappa shape index (κ2) is 6.65. The first-order valence-electron chi connectivity index (χ1n) is 8.64. The summed E-state index contributed by atoms with van der Waals surface area (Å²) in [4.78, 5) is 10.7. The van der Waals surface area contributed by atoms with Gasteiger partial charge in [-0.2, -0.15) is 0 Å². The van der Waals surface area contributed by atoms with Gasteiger partial charge < -0.3 is 10.0 Å². The van der Waals surface area contributed by atoms with Crippen LogP contribution >= 0.6 is 0 Å². The lowest BCUT2D eigenvalue weighted by atomic mass is 9.84. The number of hydrogen-bond donors (Lipinski definition) is 1. The van der Waals surface area contributed by atoms with Gasteiger partial charge in [0.05, 0.1) is 11.8 Å². The van der Waals surface area contributed by atoms with Gasteiger partial charge in [-0.3, -0.25) is 4.98 Å². The fraction of sp³-hybridized carbons (Fsp3) is 0.238. The molecule has 4 rings (SSSR count). The van der Waals surface area contributed by atoms with Gasteiger partial charge in [-0.15, -0.1) is 0 Å². The molecule has 0 aliphatic carbocycles. The maximum absolute atomic E-state index is 11.1. The van der Waals surface area contributed by atoms with Gasteiger partial charge in [0.1, 0.15) is 5.82 Å². The number of benzene rings is 2. The number of nitrogens with zero attached hydrogens (tertiary/aromatic N) is 3. The number of rotatable bonds is 3. The molecule has 4 heteroatoms. The van der Waals surface area contributed by atoms with Crippen LogP contribution in [-0.4, -0.2) is 28.2 Å². The van der Waals surface area contributed by atoms with Gasteiger partial charge in [0.25, 0.3) is 0 Å². The first kappa shape index (κ1) is 15.8. The van der Waals surface area contributed by atoms with Gasteiger partial charge in [0, 0.05) is 25.5 Å². The van der Waals surface area contributed by atoms with E-state index in [-0.39, 0.29) is 0 Å². The average Bonchev–Trinajstić information content (AvgIpc) is 2.70. The lowest BCUT2D eigenvalue weighted by Crippen LogP contribution is -2.43. The van der Waals surface area contributed by atoms with Gasteiger partial charge >= 0.3 is 0 Å². The SMILES string of the molecule is OC1(c2ccc(-c3ccccc3)cc2)CCN(c2cnccn2)CC1. The van der Waals surface area contributed by atoms with Crippen LogP contribution in [0.5, 0.6) is 0 Å². The number of piperidine rings is 1. The van der Waals surface area contributed by atoms with Crippen molar-refractivity contribution >= 4 is 5.82 Å². The van der Waals surface area contributed by atoms with Gasteiger partial charge in [-0.1, -0.05) is 54.6 Å². The van der Waals surface area contributed by atoms with Crippen molar-refractivity contribution in [1.29, 1.82) is 0 Å². The molecule has 0 amide bonds. The van der Waals surface area contributed by atoms with E-state index in [0.29, 0.717) is 12.8 Å². The Morgan fingerprint density at radius 2 is 1.52 bits per heavy atom. The molecule has 3 aromatic rings. The van der Waals surface area contributed by atoms with E-state index < -0.39 is 5.60 Å². The quantitative estimate of drug-likeness (QED) is 0.796. The van der Waals surface area contributed by atoms with E-state index in [2.05, 4.69) is 51.3 Å². The summed E-state index contributed by atoms with van der Waals surface area (Å²) < 4.78 is 0. The van der Waals surface area contributed by atoms with E-state index in [0.717, 1.165) is 24.5 Å². The Morgan fingerprint density at radius 3 is 2.16 bits per heavy atom. The molecule has 1 aliphatic heterocycles. The Balaban J connectivity index is 1.49. The monoisotopic (exact) mass is 331 g/mol. The number of aliphatic hydroxyl groups is 1. The van der Waals surface area contributed by atoms with Gasteiger partial charge in [0.15, 0.2) is 0 Å². The predicted octanol–water partition coefficient (Wildman–Crippen LogP) is 3.63. The molecule has 1 aliphatic rings. The standard InChI is InChI=1S/C21H21N3O/c25-21(10-14-24(15-11-21)20-16-22-12-13-23-20)19-8-6-18(7-9-19)17-4-2-1-3-5-17/h1-9,12-13,16,25H,10-11,14-15H2. The summed E-state index contributed by atoms with van der Waals surface area (Å²) in [7, 11) is 0. The van der Waals surface area contributed by atoms with Crippen LogP contribution in [0.1, 0.15) is 18.4 Å². The normalized spacial score (nSPS) is 16.6. The van der Waals surface area contributed by atoms with E-state index in [9.17, 15) is 5.11 Å². The van der Waals surface area contributed by atoms with Gasteiger partial charge in [0.2, 0.25) is 0 Å². The molecule has 1 aromatic heterocycles. The predicted molar refractivity (Wildman–Crippen MR) is 99.3 cm³/mol. The maximum atomic E-state index is 11.1. The summed E-state index contributed by atoms with van der Waals surface area (Å²) in [5.41, 5.74) is 2.59. The van der Waals surface area contributed by atoms with Crippen molar-refractivity contribution in [2.75, 3.05) is 18.0 Å². The van der Waals surface area contributed by atoms with Crippen LogP contribution in [0, 0.1) is 0 Å². The molecule has 25 heavy (non-hydrogen) atoms. The topological polar surface area (TPSA) is 49.2 Å². The van der Waals surface area contributed by atoms with E-state index in [4.69, 9.17) is 0 Å². The van der Waals surface area contributed by atoms with Crippen molar-refractivity contribution in [2.24, 2.45) is 0 Å². The molecular weight excluding hydrogens is 310 g/mol. The molecule has 2 heterocycles. The third-order valence-corrected chi connectivity index (χ3v) is 4.99. The fourth-order valence-electron chi connectivity index (χ4n) is 3.45. The molecule has 4 nitrogen and oxygen atoms in total. The largest absolute Gasteiger partial charge is 0.385 e. The molecule has 1 fully saturated rings. The van der Waals surface area contributed by atoms with Crippen LogP contribution in [0.2, 0.25) is 0 Å². The van der Waals surface area contributed by atoms with E-state index in [1.165, 1.54) is 11.1 Å². The average molecular weight is 331 g/mol. The molecule has 1 N–H and O–H groups in total. The van der Waals surface area contributed by atoms with Crippen LogP contribution in [0.15, 0.2) is 73.2 Å². The molecule has 2 aromatic carbocycles. The minimum Gasteiger partial charge on any atom is -0.385 e. The Kier molecular flexibility index (Phi) is 4.20. The molecule has 0 spiro atoms. The first-order chi connectivity index (χ1) is 12.2. The Labute approximate surface area is 147 Å². The second-order valence-corrected chi connectivity index (χ2v) is 6.53. The number of anilines is 1. The third kappa shape index (κ3) is 3.26. The lowest BCUT2D eigenvalue weighted by molar-refractivity contribution is 0.0116. The van der Waals surface area contributed by atoms with Crippen LogP contribution in [0.25, 0.3) is 11.1 Å². The van der Waals surface area contributed by atoms with Crippen LogP contribution < -0.4 is 4.90 Å². The highest BCUT2D eigenvalue weighted by Gasteiger charge is 2.34. The third-order valence-electron chi connectivity index (χ3n) is 4.99. The summed E-state index contributed by atoms with van der Waals surface area (Å²) in [5.74, 6) is 0.879. The Morgan fingerprint density at radius 1 is 0.840 bits per heavy atom. The highest BCUT2D eigenvalue weighted by molar-refractivity contribution is 5.63. The van der Waals surface area contributed by atoms with E-state index >= 15 is 0 Å². The summed E-state index contributed by atoms with van der Waals surface area (Å²) in [6, 6.07) is 18.6. The maximum Gasteiger partial charge on any atom is 0.147 e. The number of aromatic nitrogens is 2. The van der Waals surface area contributed by atoms with Crippen molar-refractivity contribution in [3.63, 3.8) is 0 Å². The fourth-order valence-corrected chi connectivity index (χ4v) is 3.45. The van der Waals surface area contributed by atoms with E-state index in [1.54, 1.807) is 18.6 Å². The zero-order valence-electron chi connectivity index (χ0n) is 14.0. The van der Waals surface area contributed by atoms with Gasteiger partial charge in [-0.25, -0.2) is 4.98 Å². The van der Waals surface area contributed by atoms with Crippen LogP contribution in [-0.2, 0) is 5.60 Å². The summed E-state index contributed by atoms with van der Waals surface area (Å²) in [5, 5.41) is 11.1. The summed E-state index contributed by atoms with van der Waals surface area (Å²) in [6.45, 7) is 1.55. The molecular formula is C21H21N3O. The Bertz CT molecular complexity index is 811. The molecule has 126 valence electrons. The summed E-state index contributed by atoms with van der Waals surface area (Å²) in [6.07, 6.45) is 6.54. The molecule has 0 saturated carbocycles. The second-order valence-electron chi connectivity index (χ2n) is 6.53. The highest BCUT2D eigenvalue weighted by atomic mass is 16.3. The minimum atomic E-state index is -0.770. The summed E-state index contributed by atoms with van der Waals surface area (Å²) >= 11 is 0. The molecule has 0 radical (unpaired) electrons. The van der Waals surface area contributed by atoms with Crippen molar-refractivity contribution in [3.8, 4) is 11.1 Å². The van der Waals surface area contributed by atoms with Crippen molar-refractivity contribution in [1.82, 2.24) is 9.97 Å². The molecule has 1 saturated heterocycles. The lowest BCUT2D eigenvalue weighted by Gasteiger charge is -2.39. The van der Waals surface area contributed by atoms with Crippen LogP contribution in [0.4, 0.5) is 5.82 Å². The smallest absolute Gasteiger partial charge is 0.147 e. The molecule has 0 atom stereocenters. The minimum absolute atomic E-state index is 0.689. The van der Waals surface area contributed by atoms with Crippen molar-refractivity contribution in [2.45, 2.75) is 18.4 Å². The highest BCUT2D eigenvalue weighted by Crippen LogP contribution is 2.34. The van der Waals surface area contributed by atoms with Crippen molar-refractivity contribution in [3.05, 3.63) is 78.8 Å². The first-order valence-corrected chi connectivity index (χ1v) is 8.64. The molecule has 0 unspecified atom stereocenters. The Hall–Kier alpha value is -2.72. The van der Waals surface area contributed by atoms with Crippen molar-refractivity contribution < 1.29 is 5.11 Å². The van der Waals surface area contributed by atoms with Crippen LogP contribution in [0.3, 0.4) is 0 Å².